The van der Waals surface area contributed by atoms with Crippen molar-refractivity contribution in [2.45, 2.75) is 57.6 Å². The predicted octanol–water partition coefficient (Wildman–Crippen LogP) is 3.70. The molecule has 1 saturated carbocycles. The second-order valence-electron chi connectivity index (χ2n) is 7.05. The van der Waals surface area contributed by atoms with E-state index in [0.29, 0.717) is 12.3 Å². The summed E-state index contributed by atoms with van der Waals surface area (Å²) in [5, 5.41) is 22.3. The Hall–Kier alpha value is -2.21. The summed E-state index contributed by atoms with van der Waals surface area (Å²) in [7, 11) is 0. The van der Waals surface area contributed by atoms with Gasteiger partial charge in [0.05, 0.1) is 18.8 Å². The summed E-state index contributed by atoms with van der Waals surface area (Å²) in [5.74, 6) is 0.538. The van der Waals surface area contributed by atoms with Gasteiger partial charge in [-0.15, -0.1) is 5.10 Å². The molecule has 6 heteroatoms. The van der Waals surface area contributed by atoms with E-state index in [9.17, 15) is 5.11 Å². The number of rotatable bonds is 8. The molecule has 2 aromatic rings. The van der Waals surface area contributed by atoms with E-state index >= 15 is 0 Å². The van der Waals surface area contributed by atoms with E-state index in [1.807, 2.05) is 49.7 Å². The number of aliphatic hydroxyl groups is 1. The molecule has 3 rings (SSSR count). The summed E-state index contributed by atoms with van der Waals surface area (Å²) >= 11 is 0. The minimum atomic E-state index is -0.264. The normalized spacial score (nSPS) is 18.1. The molecule has 0 aliphatic heterocycles. The van der Waals surface area contributed by atoms with Crippen molar-refractivity contribution in [3.05, 3.63) is 47.8 Å². The lowest BCUT2D eigenvalue weighted by Gasteiger charge is -2.17. The van der Waals surface area contributed by atoms with E-state index in [2.05, 4.69) is 15.5 Å². The van der Waals surface area contributed by atoms with Gasteiger partial charge in [-0.3, -0.25) is 0 Å². The predicted molar refractivity (Wildman–Crippen MR) is 101 cm³/mol. The summed E-state index contributed by atoms with van der Waals surface area (Å²) < 4.78 is 1.72. The summed E-state index contributed by atoms with van der Waals surface area (Å²) in [6.45, 7) is 1.92. The average Bonchev–Trinajstić information content (AvgIpc) is 3.18. The van der Waals surface area contributed by atoms with Crippen LogP contribution in [0.25, 0.3) is 0 Å². The molecule has 2 atom stereocenters. The van der Waals surface area contributed by atoms with Crippen molar-refractivity contribution in [1.29, 1.82) is 0 Å². The fourth-order valence-corrected chi connectivity index (χ4v) is 3.33. The highest BCUT2D eigenvalue weighted by atomic mass is 16.6. The van der Waals surface area contributed by atoms with Crippen LogP contribution in [0.4, 0.5) is 0 Å². The van der Waals surface area contributed by atoms with Crippen molar-refractivity contribution in [3.63, 3.8) is 0 Å². The number of benzene rings is 1. The van der Waals surface area contributed by atoms with E-state index in [4.69, 9.17) is 4.84 Å². The van der Waals surface area contributed by atoms with Gasteiger partial charge in [0.1, 0.15) is 5.69 Å². The highest BCUT2D eigenvalue weighted by Crippen LogP contribution is 2.23. The van der Waals surface area contributed by atoms with Crippen LogP contribution in [0.3, 0.4) is 0 Å². The van der Waals surface area contributed by atoms with Crippen molar-refractivity contribution in [2.24, 2.45) is 11.1 Å². The molecule has 0 unspecified atom stereocenters. The first-order valence-corrected chi connectivity index (χ1v) is 9.52. The van der Waals surface area contributed by atoms with E-state index in [1.165, 1.54) is 32.1 Å². The topological polar surface area (TPSA) is 72.5 Å². The van der Waals surface area contributed by atoms with Crippen LogP contribution in [0.15, 0.2) is 41.7 Å². The molecule has 1 N–H and O–H groups in total. The zero-order valence-electron chi connectivity index (χ0n) is 15.4. The number of oxime groups is 1. The third-order valence-electron chi connectivity index (χ3n) is 4.98. The van der Waals surface area contributed by atoms with E-state index < -0.39 is 0 Å². The molecule has 0 saturated heterocycles. The van der Waals surface area contributed by atoms with Crippen LogP contribution in [0, 0.1) is 5.92 Å². The Morgan fingerprint density at radius 3 is 2.77 bits per heavy atom. The highest BCUT2D eigenvalue weighted by Gasteiger charge is 2.17. The molecule has 1 fully saturated rings. The van der Waals surface area contributed by atoms with Gasteiger partial charge in [0.25, 0.3) is 0 Å². The van der Waals surface area contributed by atoms with Gasteiger partial charge in [0.2, 0.25) is 0 Å². The Labute approximate surface area is 154 Å². The summed E-state index contributed by atoms with van der Waals surface area (Å²) in [4.78, 5) is 5.57. The molecule has 0 amide bonds. The maximum absolute atomic E-state index is 9.73. The molecule has 1 aliphatic rings. The summed E-state index contributed by atoms with van der Waals surface area (Å²) in [6, 6.07) is 9.93. The van der Waals surface area contributed by atoms with Gasteiger partial charge in [0, 0.05) is 6.21 Å². The Bertz CT molecular complexity index is 680. The zero-order valence-corrected chi connectivity index (χ0v) is 15.4. The fraction of sp³-hybridized carbons (Fsp3) is 0.550. The Balaban J connectivity index is 1.56. The average molecular weight is 356 g/mol. The number of aromatic nitrogens is 3. The van der Waals surface area contributed by atoms with Gasteiger partial charge < -0.3 is 9.94 Å². The van der Waals surface area contributed by atoms with Crippen LogP contribution < -0.4 is 0 Å². The standard InChI is InChI=1S/C20H28N4O2/c1-16(26-21-13-18-10-6-3-7-11-18)20-14-24(23-22-20)19(15-25)12-17-8-4-2-5-9-17/h2,4-5,8-9,13-14,16,18-19,25H,3,6-7,10-12,15H2,1H3/b21-13+/t16-,19+/m1/s1. The molecule has 26 heavy (non-hydrogen) atoms. The van der Waals surface area contributed by atoms with E-state index in [0.717, 1.165) is 11.3 Å². The molecular weight excluding hydrogens is 328 g/mol. The first-order valence-electron chi connectivity index (χ1n) is 9.52. The largest absolute Gasteiger partial charge is 0.394 e. The minimum absolute atomic E-state index is 0.00671. The molecule has 1 aromatic carbocycles. The van der Waals surface area contributed by atoms with Crippen LogP contribution >= 0.6 is 0 Å². The summed E-state index contributed by atoms with van der Waals surface area (Å²) in [5.41, 5.74) is 1.88. The maximum atomic E-state index is 9.73. The minimum Gasteiger partial charge on any atom is -0.394 e. The molecule has 1 heterocycles. The zero-order chi connectivity index (χ0) is 18.2. The number of nitrogens with zero attached hydrogens (tertiary/aromatic N) is 4. The van der Waals surface area contributed by atoms with E-state index in [1.54, 1.807) is 4.68 Å². The van der Waals surface area contributed by atoms with Crippen molar-refractivity contribution in [2.75, 3.05) is 6.61 Å². The molecule has 140 valence electrons. The molecular formula is C20H28N4O2. The quantitative estimate of drug-likeness (QED) is 0.578. The van der Waals surface area contributed by atoms with Gasteiger partial charge >= 0.3 is 0 Å². The Morgan fingerprint density at radius 1 is 1.27 bits per heavy atom. The summed E-state index contributed by atoms with van der Waals surface area (Å²) in [6.07, 6.45) is 10.5. The van der Waals surface area contributed by atoms with Crippen LogP contribution in [-0.4, -0.2) is 32.9 Å². The van der Waals surface area contributed by atoms with Crippen LogP contribution in [0.2, 0.25) is 0 Å². The lowest BCUT2D eigenvalue weighted by Crippen LogP contribution is -2.16. The fourth-order valence-electron chi connectivity index (χ4n) is 3.33. The Morgan fingerprint density at radius 2 is 2.04 bits per heavy atom. The highest BCUT2D eigenvalue weighted by molar-refractivity contribution is 5.59. The molecule has 0 spiro atoms. The third kappa shape index (κ3) is 5.14. The smallest absolute Gasteiger partial charge is 0.169 e. The maximum Gasteiger partial charge on any atom is 0.169 e. The van der Waals surface area contributed by atoms with Crippen molar-refractivity contribution < 1.29 is 9.94 Å². The van der Waals surface area contributed by atoms with E-state index in [-0.39, 0.29) is 18.8 Å². The van der Waals surface area contributed by atoms with Gasteiger partial charge in [-0.1, -0.05) is 60.0 Å². The molecule has 0 radical (unpaired) electrons. The first-order chi connectivity index (χ1) is 12.8. The number of hydrogen-bond acceptors (Lipinski definition) is 5. The third-order valence-corrected chi connectivity index (χ3v) is 4.98. The van der Waals surface area contributed by atoms with Gasteiger partial charge in [-0.05, 0) is 37.7 Å². The molecule has 1 aliphatic carbocycles. The molecule has 6 nitrogen and oxygen atoms in total. The van der Waals surface area contributed by atoms with Crippen molar-refractivity contribution >= 4 is 6.21 Å². The van der Waals surface area contributed by atoms with Gasteiger partial charge in [0.15, 0.2) is 6.10 Å². The van der Waals surface area contributed by atoms with Gasteiger partial charge in [-0.25, -0.2) is 4.68 Å². The van der Waals surface area contributed by atoms with Gasteiger partial charge in [-0.2, -0.15) is 0 Å². The SMILES string of the molecule is C[C@@H](O/N=C/C1CCCCC1)c1cn([C@H](CO)Cc2ccccc2)nn1. The van der Waals surface area contributed by atoms with Crippen molar-refractivity contribution in [3.8, 4) is 0 Å². The van der Waals surface area contributed by atoms with Crippen molar-refractivity contribution in [1.82, 2.24) is 15.0 Å². The monoisotopic (exact) mass is 356 g/mol. The molecule has 1 aromatic heterocycles. The van der Waals surface area contributed by atoms with Crippen LogP contribution in [-0.2, 0) is 11.3 Å². The van der Waals surface area contributed by atoms with Crippen LogP contribution in [0.5, 0.6) is 0 Å². The first kappa shape index (κ1) is 18.6. The second kappa shape index (κ2) is 9.48. The Kier molecular flexibility index (Phi) is 6.77. The number of hydrogen-bond donors (Lipinski definition) is 1. The van der Waals surface area contributed by atoms with Crippen LogP contribution in [0.1, 0.15) is 62.4 Å². The second-order valence-corrected chi connectivity index (χ2v) is 7.05. The lowest BCUT2D eigenvalue weighted by atomic mass is 9.90. The molecule has 0 bridgehead atoms. The number of aliphatic hydroxyl groups excluding tert-OH is 1. The lowest BCUT2D eigenvalue weighted by molar-refractivity contribution is 0.0690.